The Kier molecular flexibility index (Phi) is 9.37. The Hall–Kier alpha value is -2.00. The first-order valence-electron chi connectivity index (χ1n) is 9.27. The Bertz CT molecular complexity index is 589. The van der Waals surface area contributed by atoms with E-state index in [1.54, 1.807) is 11.2 Å². The normalized spacial score (nSPS) is 20.7. The summed E-state index contributed by atoms with van der Waals surface area (Å²) < 4.78 is 2.02. The second-order valence-electron chi connectivity index (χ2n) is 7.66. The predicted octanol–water partition coefficient (Wildman–Crippen LogP) is 0.790. The fourth-order valence-corrected chi connectivity index (χ4v) is 3.42. The van der Waals surface area contributed by atoms with Crippen LogP contribution >= 0.6 is 0 Å². The molecule has 1 saturated heterocycles. The van der Waals surface area contributed by atoms with Crippen LogP contribution in [0.5, 0.6) is 0 Å². The molecule has 0 aliphatic carbocycles. The number of likely N-dealkylation sites (tertiary alicyclic amines) is 1. The molecule has 1 aromatic rings. The maximum atomic E-state index is 12.9. The van der Waals surface area contributed by atoms with Crippen LogP contribution in [0, 0.1) is 5.92 Å². The molecule has 2 heterocycles. The summed E-state index contributed by atoms with van der Waals surface area (Å²) in [4.78, 5) is 27.6. The van der Waals surface area contributed by atoms with Gasteiger partial charge in [0.1, 0.15) is 6.33 Å². The van der Waals surface area contributed by atoms with Gasteiger partial charge in [0, 0.05) is 32.2 Å². The van der Waals surface area contributed by atoms with Crippen LogP contribution in [0.4, 0.5) is 0 Å². The van der Waals surface area contributed by atoms with Crippen LogP contribution in [0.3, 0.4) is 0 Å². The molecule has 1 N–H and O–H groups in total. The fraction of sp³-hybridized carbons (Fsp3) is 0.778. The van der Waals surface area contributed by atoms with Crippen molar-refractivity contribution in [2.75, 3.05) is 41.3 Å². The largest absolute Gasteiger partial charge is 0.483 e. The third-order valence-corrected chi connectivity index (χ3v) is 4.94. The molecule has 27 heavy (non-hydrogen) atoms. The van der Waals surface area contributed by atoms with Crippen molar-refractivity contribution in [3.05, 3.63) is 12.2 Å². The first-order valence-corrected chi connectivity index (χ1v) is 9.27. The molecule has 9 nitrogen and oxygen atoms in total. The number of amides is 1. The molecule has 1 amide bonds. The summed E-state index contributed by atoms with van der Waals surface area (Å²) in [6.45, 7) is 6.29. The summed E-state index contributed by atoms with van der Waals surface area (Å²) in [6, 6.07) is 0.811. The molecule has 0 bridgehead atoms. The number of carbonyl (C=O) groups excluding carboxylic acids is 1. The summed E-state index contributed by atoms with van der Waals surface area (Å²) >= 11 is 0. The lowest BCUT2D eigenvalue weighted by molar-refractivity contribution is -0.135. The molecule has 1 aliphatic rings. The average molecular weight is 383 g/mol. The van der Waals surface area contributed by atoms with Gasteiger partial charge < -0.3 is 24.4 Å². The number of nitrogens with zero attached hydrogens (tertiary/aromatic N) is 6. The van der Waals surface area contributed by atoms with Gasteiger partial charge in [-0.15, -0.1) is 10.2 Å². The summed E-state index contributed by atoms with van der Waals surface area (Å²) in [5.74, 6) is 1.11. The summed E-state index contributed by atoms with van der Waals surface area (Å²) in [5.41, 5.74) is 0. The average Bonchev–Trinajstić information content (AvgIpc) is 2.95. The summed E-state index contributed by atoms with van der Waals surface area (Å²) in [6.07, 6.45) is 3.73. The van der Waals surface area contributed by atoms with E-state index in [-0.39, 0.29) is 18.3 Å². The second-order valence-corrected chi connectivity index (χ2v) is 7.66. The van der Waals surface area contributed by atoms with Gasteiger partial charge in [-0.2, -0.15) is 0 Å². The fourth-order valence-electron chi connectivity index (χ4n) is 3.42. The highest BCUT2D eigenvalue weighted by Crippen LogP contribution is 2.21. The maximum Gasteiger partial charge on any atom is 0.290 e. The quantitative estimate of drug-likeness (QED) is 0.752. The van der Waals surface area contributed by atoms with E-state index < -0.39 is 0 Å². The van der Waals surface area contributed by atoms with Crippen LogP contribution in [-0.2, 0) is 16.1 Å². The lowest BCUT2D eigenvalue weighted by Gasteiger charge is -2.26. The van der Waals surface area contributed by atoms with E-state index in [9.17, 15) is 4.79 Å². The number of hydrogen-bond donors (Lipinski definition) is 1. The van der Waals surface area contributed by atoms with E-state index in [1.807, 2.05) is 11.6 Å². The van der Waals surface area contributed by atoms with Crippen molar-refractivity contribution in [2.45, 2.75) is 45.3 Å². The molecule has 1 aromatic heterocycles. The molecule has 2 atom stereocenters. The number of aromatic nitrogens is 3. The minimum atomic E-state index is -0.250. The van der Waals surface area contributed by atoms with Crippen molar-refractivity contribution >= 4 is 12.4 Å². The zero-order chi connectivity index (χ0) is 20.6. The molecule has 0 spiro atoms. The van der Waals surface area contributed by atoms with E-state index >= 15 is 0 Å². The lowest BCUT2D eigenvalue weighted by Crippen LogP contribution is -2.39. The molecule has 0 aromatic carbocycles. The highest BCUT2D eigenvalue weighted by atomic mass is 16.3. The SMILES string of the molecule is CC(C)n1cnnc1CN(C)C(=O)[C@@H]1CC[C@H](N(C)C)CN(C)C1.O=CO. The van der Waals surface area contributed by atoms with Gasteiger partial charge in [0.25, 0.3) is 6.47 Å². The molecule has 0 unspecified atom stereocenters. The molecule has 154 valence electrons. The summed E-state index contributed by atoms with van der Waals surface area (Å²) in [5, 5.41) is 15.1. The number of likely N-dealkylation sites (N-methyl/N-ethyl adjacent to an activating group) is 2. The predicted molar refractivity (Wildman–Crippen MR) is 103 cm³/mol. The van der Waals surface area contributed by atoms with Crippen molar-refractivity contribution in [2.24, 2.45) is 5.92 Å². The smallest absolute Gasteiger partial charge is 0.290 e. The first-order chi connectivity index (χ1) is 12.7. The molecule has 9 heteroatoms. The Labute approximate surface area is 161 Å². The second kappa shape index (κ2) is 11.0. The van der Waals surface area contributed by atoms with Crippen LogP contribution in [0.2, 0.25) is 0 Å². The van der Waals surface area contributed by atoms with Crippen LogP contribution in [-0.4, -0.2) is 94.3 Å². The molecule has 0 saturated carbocycles. The number of carboxylic acid groups (broad SMARTS) is 1. The van der Waals surface area contributed by atoms with Gasteiger partial charge in [0.15, 0.2) is 5.82 Å². The Morgan fingerprint density at radius 3 is 2.52 bits per heavy atom. The monoisotopic (exact) mass is 382 g/mol. The Morgan fingerprint density at radius 1 is 1.33 bits per heavy atom. The van der Waals surface area contributed by atoms with Crippen LogP contribution in [0.1, 0.15) is 38.6 Å². The molecular weight excluding hydrogens is 348 g/mol. The lowest BCUT2D eigenvalue weighted by atomic mass is 10.00. The standard InChI is InChI=1S/C17H32N6O.CH2O2/c1-13(2)23-12-18-19-16(23)11-22(6)17(24)14-7-8-15(20(3)4)10-21(5)9-14;2-1-3/h12-15H,7-11H2,1-6H3;1H,(H,2,3)/t14-,15+;/m1./s1. The zero-order valence-electron chi connectivity index (χ0n) is 17.4. The first kappa shape index (κ1) is 23.0. The van der Waals surface area contributed by atoms with Crippen LogP contribution in [0.15, 0.2) is 6.33 Å². The van der Waals surface area contributed by atoms with Gasteiger partial charge in [0.2, 0.25) is 5.91 Å². The number of rotatable bonds is 5. The molecular formula is C18H34N6O3. The Morgan fingerprint density at radius 2 is 1.96 bits per heavy atom. The van der Waals surface area contributed by atoms with E-state index in [1.165, 1.54) is 0 Å². The van der Waals surface area contributed by atoms with Gasteiger partial charge in [-0.25, -0.2) is 0 Å². The molecule has 1 fully saturated rings. The Balaban J connectivity index is 0.00000114. The van der Waals surface area contributed by atoms with Crippen molar-refractivity contribution in [1.29, 1.82) is 0 Å². The van der Waals surface area contributed by atoms with Crippen LogP contribution < -0.4 is 0 Å². The van der Waals surface area contributed by atoms with Gasteiger partial charge in [-0.05, 0) is 47.8 Å². The van der Waals surface area contributed by atoms with Crippen molar-refractivity contribution in [3.63, 3.8) is 0 Å². The highest BCUT2D eigenvalue weighted by Gasteiger charge is 2.29. The zero-order valence-corrected chi connectivity index (χ0v) is 17.4. The third kappa shape index (κ3) is 6.91. The summed E-state index contributed by atoms with van der Waals surface area (Å²) in [7, 11) is 8.21. The minimum absolute atomic E-state index is 0.0559. The van der Waals surface area contributed by atoms with E-state index in [0.29, 0.717) is 18.6 Å². The molecule has 2 rings (SSSR count). The van der Waals surface area contributed by atoms with E-state index in [4.69, 9.17) is 9.90 Å². The minimum Gasteiger partial charge on any atom is -0.483 e. The van der Waals surface area contributed by atoms with Gasteiger partial charge in [0.05, 0.1) is 12.5 Å². The third-order valence-electron chi connectivity index (χ3n) is 4.94. The topological polar surface area (TPSA) is 94.8 Å². The van der Waals surface area contributed by atoms with Crippen LogP contribution in [0.25, 0.3) is 0 Å². The highest BCUT2D eigenvalue weighted by molar-refractivity contribution is 5.78. The maximum absolute atomic E-state index is 12.9. The van der Waals surface area contributed by atoms with Gasteiger partial charge in [-0.1, -0.05) is 0 Å². The van der Waals surface area contributed by atoms with Crippen molar-refractivity contribution in [3.8, 4) is 0 Å². The van der Waals surface area contributed by atoms with Crippen molar-refractivity contribution in [1.82, 2.24) is 29.5 Å². The van der Waals surface area contributed by atoms with Crippen molar-refractivity contribution < 1.29 is 14.7 Å². The van der Waals surface area contributed by atoms with Gasteiger partial charge >= 0.3 is 0 Å². The number of hydrogen-bond acceptors (Lipinski definition) is 6. The number of carbonyl (C=O) groups is 2. The molecule has 0 radical (unpaired) electrons. The molecule has 1 aliphatic heterocycles. The van der Waals surface area contributed by atoms with E-state index in [2.05, 4.69) is 55.0 Å². The van der Waals surface area contributed by atoms with E-state index in [0.717, 1.165) is 31.8 Å². The van der Waals surface area contributed by atoms with Gasteiger partial charge in [-0.3, -0.25) is 9.59 Å².